The maximum Gasteiger partial charge on any atom is 0.0541 e. The predicted octanol–water partition coefficient (Wildman–Crippen LogP) is 18.4. The van der Waals surface area contributed by atoms with E-state index >= 15 is 0 Å². The maximum atomic E-state index is 2.53. The highest BCUT2D eigenvalue weighted by atomic mass is 15.1. The number of aromatic nitrogens is 1. The number of hydrogen-bond acceptors (Lipinski definition) is 1. The van der Waals surface area contributed by atoms with Crippen LogP contribution in [0, 0.1) is 0 Å². The van der Waals surface area contributed by atoms with Crippen LogP contribution in [-0.2, 0) is 16.2 Å². The summed E-state index contributed by atoms with van der Waals surface area (Å²) in [5.41, 5.74) is 15.9. The van der Waals surface area contributed by atoms with E-state index in [2.05, 4.69) is 260 Å². The molecule has 2 nitrogen and oxygen atoms in total. The molecule has 0 spiro atoms. The van der Waals surface area contributed by atoms with Crippen molar-refractivity contribution in [2.24, 2.45) is 0 Å². The van der Waals surface area contributed by atoms with E-state index in [1.807, 2.05) is 0 Å². The Balaban J connectivity index is 1.18. The molecule has 0 saturated carbocycles. The highest BCUT2D eigenvalue weighted by Crippen LogP contribution is 2.49. The number of nitrogens with zero attached hydrogens (tertiary/aromatic N) is 2. The van der Waals surface area contributed by atoms with Gasteiger partial charge in [-0.25, -0.2) is 0 Å². The van der Waals surface area contributed by atoms with Gasteiger partial charge in [-0.2, -0.15) is 0 Å². The summed E-state index contributed by atoms with van der Waals surface area (Å²) < 4.78 is 2.53. The summed E-state index contributed by atoms with van der Waals surface area (Å²) in [6.45, 7) is 20.7. The van der Waals surface area contributed by atoms with Crippen LogP contribution in [0.15, 0.2) is 188 Å². The van der Waals surface area contributed by atoms with Crippen molar-refractivity contribution in [3.63, 3.8) is 0 Å². The maximum absolute atomic E-state index is 2.53. The average molecular weight is 855 g/mol. The lowest BCUT2D eigenvalue weighted by Crippen LogP contribution is -2.14. The summed E-state index contributed by atoms with van der Waals surface area (Å²) in [6.07, 6.45) is 0. The van der Waals surface area contributed by atoms with Gasteiger partial charge in [0.25, 0.3) is 0 Å². The van der Waals surface area contributed by atoms with Crippen LogP contribution in [0.5, 0.6) is 0 Å². The van der Waals surface area contributed by atoms with Crippen LogP contribution in [0.1, 0.15) is 79.0 Å². The summed E-state index contributed by atoms with van der Waals surface area (Å²) in [4.78, 5) is 2.50. The molecule has 0 radical (unpaired) electrons. The SMILES string of the molecule is CC(C)(C)c1ccc(N(c2ccc(-c3ccccc3)cc2-c2ccccc2)c2ccc3ccc4c(-n5c6ccc(C(C)(C)C)cc6c6cc(C(C)(C)C)ccc65)ccc5ccc2c3c54)cc1. The Bertz CT molecular complexity index is 3540. The smallest absolute Gasteiger partial charge is 0.0541 e. The minimum absolute atomic E-state index is 0.0285. The molecule has 0 aliphatic heterocycles. The lowest BCUT2D eigenvalue weighted by molar-refractivity contribution is 0.590. The molecule has 2 heteroatoms. The summed E-state index contributed by atoms with van der Waals surface area (Å²) in [5.74, 6) is 0. The number of anilines is 3. The summed E-state index contributed by atoms with van der Waals surface area (Å²) in [6, 6.07) is 70.9. The molecule has 0 bridgehead atoms. The summed E-state index contributed by atoms with van der Waals surface area (Å²) in [5, 5.41) is 10.1. The van der Waals surface area contributed by atoms with Crippen LogP contribution in [0.3, 0.4) is 0 Å². The van der Waals surface area contributed by atoms with Crippen molar-refractivity contribution in [2.45, 2.75) is 78.6 Å². The zero-order valence-corrected chi connectivity index (χ0v) is 39.8. The van der Waals surface area contributed by atoms with Gasteiger partial charge in [0.1, 0.15) is 0 Å². The quantitative estimate of drug-likeness (QED) is 0.151. The third-order valence-electron chi connectivity index (χ3n) is 14.0. The number of fused-ring (bicyclic) bond motifs is 3. The van der Waals surface area contributed by atoms with E-state index in [-0.39, 0.29) is 16.2 Å². The largest absolute Gasteiger partial charge is 0.309 e. The fourth-order valence-corrected chi connectivity index (χ4v) is 10.3. The number of hydrogen-bond donors (Lipinski definition) is 0. The van der Waals surface area contributed by atoms with E-state index in [4.69, 9.17) is 0 Å². The standard InChI is InChI=1S/C64H58N2/c1-62(2,3)46-25-29-49(30-26-46)65(57-35-24-45(41-16-12-10-13-17-41)38-52(57)42-18-14-11-15-19-42)55-33-22-43-21-32-51-56(34-23-44-20-31-50(55)60(43)61(44)51)66-58-36-27-47(63(4,5)6)39-53(58)54-40-48(64(7,8)9)28-37-59(54)66/h10-40H,1-9H3. The lowest BCUT2D eigenvalue weighted by Gasteiger charge is -2.31. The fraction of sp³-hybridized carbons (Fsp3) is 0.188. The number of rotatable bonds is 6. The molecule has 0 atom stereocenters. The van der Waals surface area contributed by atoms with Crippen LogP contribution in [0.25, 0.3) is 82.1 Å². The van der Waals surface area contributed by atoms with Crippen molar-refractivity contribution in [3.8, 4) is 27.9 Å². The second kappa shape index (κ2) is 15.2. The molecular weight excluding hydrogens is 797 g/mol. The van der Waals surface area contributed by atoms with E-state index < -0.39 is 0 Å². The van der Waals surface area contributed by atoms with E-state index in [1.54, 1.807) is 0 Å². The van der Waals surface area contributed by atoms with Gasteiger partial charge in [0.15, 0.2) is 0 Å². The minimum atomic E-state index is 0.0285. The van der Waals surface area contributed by atoms with E-state index in [0.717, 1.165) is 17.1 Å². The third kappa shape index (κ3) is 6.94. The Hall–Kier alpha value is -7.16. The Labute approximate surface area is 390 Å². The zero-order valence-electron chi connectivity index (χ0n) is 39.8. The lowest BCUT2D eigenvalue weighted by atomic mass is 9.85. The minimum Gasteiger partial charge on any atom is -0.309 e. The first-order chi connectivity index (χ1) is 31.6. The van der Waals surface area contributed by atoms with Gasteiger partial charge in [0.05, 0.1) is 28.1 Å². The predicted molar refractivity (Wildman–Crippen MR) is 286 cm³/mol. The Kier molecular flexibility index (Phi) is 9.57. The molecule has 10 aromatic carbocycles. The average Bonchev–Trinajstić information content (AvgIpc) is 3.64. The first-order valence-electron chi connectivity index (χ1n) is 23.6. The molecule has 66 heavy (non-hydrogen) atoms. The van der Waals surface area contributed by atoms with Gasteiger partial charge in [-0.1, -0.05) is 190 Å². The van der Waals surface area contributed by atoms with E-state index in [0.29, 0.717) is 0 Å². The Morgan fingerprint density at radius 1 is 0.348 bits per heavy atom. The molecule has 0 unspecified atom stereocenters. The van der Waals surface area contributed by atoms with Crippen LogP contribution in [-0.4, -0.2) is 4.57 Å². The van der Waals surface area contributed by atoms with Gasteiger partial charge >= 0.3 is 0 Å². The monoisotopic (exact) mass is 854 g/mol. The van der Waals surface area contributed by atoms with E-state index in [9.17, 15) is 0 Å². The van der Waals surface area contributed by atoms with Gasteiger partial charge in [-0.05, 0) is 132 Å². The normalized spacial score (nSPS) is 12.6. The topological polar surface area (TPSA) is 8.17 Å². The van der Waals surface area contributed by atoms with Crippen molar-refractivity contribution >= 4 is 71.2 Å². The van der Waals surface area contributed by atoms with Crippen LogP contribution < -0.4 is 4.90 Å². The molecule has 324 valence electrons. The van der Waals surface area contributed by atoms with Crippen molar-refractivity contribution in [1.82, 2.24) is 4.57 Å². The van der Waals surface area contributed by atoms with Crippen LogP contribution in [0.4, 0.5) is 17.1 Å². The zero-order chi connectivity index (χ0) is 45.7. The van der Waals surface area contributed by atoms with Gasteiger partial charge < -0.3 is 9.47 Å². The molecule has 1 heterocycles. The van der Waals surface area contributed by atoms with Crippen molar-refractivity contribution in [2.75, 3.05) is 4.90 Å². The molecule has 0 aliphatic carbocycles. The molecule has 11 aromatic rings. The van der Waals surface area contributed by atoms with E-state index in [1.165, 1.54) is 98.8 Å². The molecule has 1 aromatic heterocycles. The first-order valence-corrected chi connectivity index (χ1v) is 23.6. The highest BCUT2D eigenvalue weighted by Gasteiger charge is 2.26. The van der Waals surface area contributed by atoms with Gasteiger partial charge in [0.2, 0.25) is 0 Å². The molecule has 0 N–H and O–H groups in total. The summed E-state index contributed by atoms with van der Waals surface area (Å²) in [7, 11) is 0. The highest BCUT2D eigenvalue weighted by molar-refractivity contribution is 6.27. The fourth-order valence-electron chi connectivity index (χ4n) is 10.3. The van der Waals surface area contributed by atoms with Gasteiger partial charge in [0, 0.05) is 32.8 Å². The molecule has 11 rings (SSSR count). The van der Waals surface area contributed by atoms with Crippen LogP contribution in [0.2, 0.25) is 0 Å². The number of benzene rings is 10. The van der Waals surface area contributed by atoms with Crippen molar-refractivity contribution in [1.29, 1.82) is 0 Å². The molecule has 0 fully saturated rings. The first kappa shape index (κ1) is 41.5. The van der Waals surface area contributed by atoms with Gasteiger partial charge in [-0.15, -0.1) is 0 Å². The molecule has 0 saturated heterocycles. The third-order valence-corrected chi connectivity index (χ3v) is 14.0. The van der Waals surface area contributed by atoms with Crippen LogP contribution >= 0.6 is 0 Å². The second-order valence-electron chi connectivity index (χ2n) is 21.5. The van der Waals surface area contributed by atoms with Crippen molar-refractivity contribution < 1.29 is 0 Å². The Morgan fingerprint density at radius 2 is 0.833 bits per heavy atom. The molecule has 0 amide bonds. The second-order valence-corrected chi connectivity index (χ2v) is 21.5. The van der Waals surface area contributed by atoms with Gasteiger partial charge in [-0.3, -0.25) is 0 Å². The van der Waals surface area contributed by atoms with Crippen molar-refractivity contribution in [3.05, 3.63) is 205 Å². The molecular formula is C64H58N2. The molecule has 0 aliphatic rings. The summed E-state index contributed by atoms with van der Waals surface area (Å²) >= 11 is 0. The Morgan fingerprint density at radius 3 is 1.41 bits per heavy atom.